The number of nitrogens with two attached hydrogens (primary N) is 1. The number of benzene rings is 1. The quantitative estimate of drug-likeness (QED) is 0.828. The lowest BCUT2D eigenvalue weighted by Gasteiger charge is -2.32. The summed E-state index contributed by atoms with van der Waals surface area (Å²) < 4.78 is 10.4. The minimum Gasteiger partial charge on any atom is -0.497 e. The SMILES string of the molecule is COc1ccc(C(N)N2CCOCC2)cc1. The number of methoxy groups -OCH3 is 1. The first-order valence-corrected chi connectivity index (χ1v) is 5.52. The minimum atomic E-state index is -0.0465. The Morgan fingerprint density at radius 3 is 2.44 bits per heavy atom. The zero-order valence-electron chi connectivity index (χ0n) is 9.56. The van der Waals surface area contributed by atoms with Gasteiger partial charge in [0.05, 0.1) is 26.5 Å². The van der Waals surface area contributed by atoms with Gasteiger partial charge in [-0.25, -0.2) is 0 Å². The number of hydrogen-bond acceptors (Lipinski definition) is 4. The van der Waals surface area contributed by atoms with Crippen LogP contribution in [0.5, 0.6) is 5.75 Å². The van der Waals surface area contributed by atoms with Crippen molar-refractivity contribution < 1.29 is 9.47 Å². The van der Waals surface area contributed by atoms with E-state index >= 15 is 0 Å². The zero-order valence-corrected chi connectivity index (χ0v) is 9.56. The Morgan fingerprint density at radius 1 is 1.25 bits per heavy atom. The summed E-state index contributed by atoms with van der Waals surface area (Å²) in [7, 11) is 1.66. The van der Waals surface area contributed by atoms with Crippen molar-refractivity contribution in [2.75, 3.05) is 33.4 Å². The fourth-order valence-electron chi connectivity index (χ4n) is 1.87. The smallest absolute Gasteiger partial charge is 0.118 e. The van der Waals surface area contributed by atoms with Gasteiger partial charge in [0.1, 0.15) is 5.75 Å². The van der Waals surface area contributed by atoms with Crippen molar-refractivity contribution in [1.82, 2.24) is 4.90 Å². The van der Waals surface area contributed by atoms with E-state index in [4.69, 9.17) is 15.2 Å². The lowest BCUT2D eigenvalue weighted by atomic mass is 10.1. The molecule has 4 heteroatoms. The predicted molar refractivity (Wildman–Crippen MR) is 62.3 cm³/mol. The van der Waals surface area contributed by atoms with E-state index in [9.17, 15) is 0 Å². The Balaban J connectivity index is 2.04. The molecule has 1 unspecified atom stereocenters. The van der Waals surface area contributed by atoms with Gasteiger partial charge in [-0.1, -0.05) is 12.1 Å². The van der Waals surface area contributed by atoms with Crippen LogP contribution in [-0.2, 0) is 4.74 Å². The van der Waals surface area contributed by atoms with Crippen LogP contribution in [0.4, 0.5) is 0 Å². The van der Waals surface area contributed by atoms with Crippen LogP contribution in [0, 0.1) is 0 Å². The van der Waals surface area contributed by atoms with E-state index in [0.717, 1.165) is 37.6 Å². The van der Waals surface area contributed by atoms with Crippen molar-refractivity contribution in [3.63, 3.8) is 0 Å². The molecule has 0 saturated carbocycles. The van der Waals surface area contributed by atoms with Crippen molar-refractivity contribution in [2.45, 2.75) is 6.17 Å². The molecule has 2 N–H and O–H groups in total. The molecule has 1 atom stereocenters. The highest BCUT2D eigenvalue weighted by atomic mass is 16.5. The highest BCUT2D eigenvalue weighted by Crippen LogP contribution is 2.19. The largest absolute Gasteiger partial charge is 0.497 e. The number of hydrogen-bond donors (Lipinski definition) is 1. The molecular weight excluding hydrogens is 204 g/mol. The van der Waals surface area contributed by atoms with Gasteiger partial charge in [0, 0.05) is 13.1 Å². The molecule has 1 aromatic carbocycles. The lowest BCUT2D eigenvalue weighted by molar-refractivity contribution is 0.0173. The van der Waals surface area contributed by atoms with Gasteiger partial charge in [-0.3, -0.25) is 4.90 Å². The first-order chi connectivity index (χ1) is 7.81. The maximum absolute atomic E-state index is 6.19. The third-order valence-corrected chi connectivity index (χ3v) is 2.90. The van der Waals surface area contributed by atoms with Gasteiger partial charge in [-0.05, 0) is 17.7 Å². The maximum atomic E-state index is 6.19. The molecule has 1 aliphatic heterocycles. The number of nitrogens with zero attached hydrogens (tertiary/aromatic N) is 1. The van der Waals surface area contributed by atoms with Gasteiger partial charge in [0.15, 0.2) is 0 Å². The van der Waals surface area contributed by atoms with Gasteiger partial charge in [0.2, 0.25) is 0 Å². The van der Waals surface area contributed by atoms with Gasteiger partial charge in [-0.2, -0.15) is 0 Å². The van der Waals surface area contributed by atoms with Crippen LogP contribution >= 0.6 is 0 Å². The number of rotatable bonds is 3. The van der Waals surface area contributed by atoms with Crippen LogP contribution in [0.2, 0.25) is 0 Å². The van der Waals surface area contributed by atoms with Crippen molar-refractivity contribution >= 4 is 0 Å². The van der Waals surface area contributed by atoms with Gasteiger partial charge in [0.25, 0.3) is 0 Å². The minimum absolute atomic E-state index is 0.0465. The Kier molecular flexibility index (Phi) is 3.77. The van der Waals surface area contributed by atoms with E-state index in [-0.39, 0.29) is 6.17 Å². The molecule has 4 nitrogen and oxygen atoms in total. The third-order valence-electron chi connectivity index (χ3n) is 2.90. The van der Waals surface area contributed by atoms with E-state index in [1.54, 1.807) is 7.11 Å². The molecule has 0 aliphatic carbocycles. The summed E-state index contributed by atoms with van der Waals surface area (Å²) in [4.78, 5) is 2.23. The van der Waals surface area contributed by atoms with E-state index in [0.29, 0.717) is 0 Å². The fourth-order valence-corrected chi connectivity index (χ4v) is 1.87. The molecule has 1 aliphatic rings. The first-order valence-electron chi connectivity index (χ1n) is 5.52. The van der Waals surface area contributed by atoms with Crippen LogP contribution < -0.4 is 10.5 Å². The zero-order chi connectivity index (χ0) is 11.4. The van der Waals surface area contributed by atoms with Crippen molar-refractivity contribution in [1.29, 1.82) is 0 Å². The normalized spacial score (nSPS) is 19.4. The van der Waals surface area contributed by atoms with Gasteiger partial charge < -0.3 is 15.2 Å². The Labute approximate surface area is 95.9 Å². The van der Waals surface area contributed by atoms with Crippen molar-refractivity contribution in [3.05, 3.63) is 29.8 Å². The maximum Gasteiger partial charge on any atom is 0.118 e. The Morgan fingerprint density at radius 2 is 1.88 bits per heavy atom. The molecule has 2 rings (SSSR count). The second-order valence-corrected chi connectivity index (χ2v) is 3.87. The van der Waals surface area contributed by atoms with E-state index in [1.165, 1.54) is 0 Å². The van der Waals surface area contributed by atoms with Crippen molar-refractivity contribution in [3.8, 4) is 5.75 Å². The molecular formula is C12H18N2O2. The molecule has 1 aromatic rings. The summed E-state index contributed by atoms with van der Waals surface area (Å²) in [5, 5.41) is 0. The molecule has 1 heterocycles. The van der Waals surface area contributed by atoms with Crippen LogP contribution in [0.25, 0.3) is 0 Å². The molecule has 0 bridgehead atoms. The second kappa shape index (κ2) is 5.30. The monoisotopic (exact) mass is 222 g/mol. The topological polar surface area (TPSA) is 47.7 Å². The van der Waals surface area contributed by atoms with Crippen molar-refractivity contribution in [2.24, 2.45) is 5.73 Å². The summed E-state index contributed by atoms with van der Waals surface area (Å²) in [6, 6.07) is 7.91. The van der Waals surface area contributed by atoms with Gasteiger partial charge >= 0.3 is 0 Å². The van der Waals surface area contributed by atoms with Gasteiger partial charge in [-0.15, -0.1) is 0 Å². The molecule has 16 heavy (non-hydrogen) atoms. The van der Waals surface area contributed by atoms with Crippen LogP contribution in [-0.4, -0.2) is 38.3 Å². The number of morpholine rings is 1. The summed E-state index contributed by atoms with van der Waals surface area (Å²) in [5.74, 6) is 0.859. The molecule has 1 saturated heterocycles. The molecule has 0 spiro atoms. The first kappa shape index (κ1) is 11.4. The molecule has 0 amide bonds. The fraction of sp³-hybridized carbons (Fsp3) is 0.500. The third kappa shape index (κ3) is 2.52. The van der Waals surface area contributed by atoms with Crippen LogP contribution in [0.3, 0.4) is 0 Å². The van der Waals surface area contributed by atoms with E-state index < -0.39 is 0 Å². The molecule has 1 fully saturated rings. The Hall–Kier alpha value is -1.10. The molecule has 0 radical (unpaired) electrons. The Bertz CT molecular complexity index is 320. The van der Waals surface area contributed by atoms with Crippen LogP contribution in [0.1, 0.15) is 11.7 Å². The average Bonchev–Trinajstić information content (AvgIpc) is 2.39. The molecule has 88 valence electrons. The van der Waals surface area contributed by atoms with Crippen LogP contribution in [0.15, 0.2) is 24.3 Å². The standard InChI is InChI=1S/C12H18N2O2/c1-15-11-4-2-10(3-5-11)12(13)14-6-8-16-9-7-14/h2-5,12H,6-9,13H2,1H3. The highest BCUT2D eigenvalue weighted by molar-refractivity contribution is 5.28. The predicted octanol–water partition coefficient (Wildman–Crippen LogP) is 0.985. The number of ether oxygens (including phenoxy) is 2. The summed E-state index contributed by atoms with van der Waals surface area (Å²) >= 11 is 0. The average molecular weight is 222 g/mol. The summed E-state index contributed by atoms with van der Waals surface area (Å²) in [6.45, 7) is 3.33. The van der Waals surface area contributed by atoms with E-state index in [1.807, 2.05) is 24.3 Å². The molecule has 0 aromatic heterocycles. The lowest BCUT2D eigenvalue weighted by Crippen LogP contribution is -2.42. The highest BCUT2D eigenvalue weighted by Gasteiger charge is 2.18. The second-order valence-electron chi connectivity index (χ2n) is 3.87. The summed E-state index contributed by atoms with van der Waals surface area (Å²) in [6.07, 6.45) is -0.0465. The summed E-state index contributed by atoms with van der Waals surface area (Å²) in [5.41, 5.74) is 7.30. The van der Waals surface area contributed by atoms with E-state index in [2.05, 4.69) is 4.90 Å².